The number of carbonyl (C=O) groups is 1. The highest BCUT2D eigenvalue weighted by Crippen LogP contribution is 2.27. The zero-order valence-electron chi connectivity index (χ0n) is 12.5. The molecule has 2 aromatic rings. The first-order valence-corrected chi connectivity index (χ1v) is 8.65. The Balaban J connectivity index is 2.18. The van der Waals surface area contributed by atoms with E-state index in [1.807, 2.05) is 13.8 Å². The van der Waals surface area contributed by atoms with Crippen molar-refractivity contribution in [1.29, 1.82) is 0 Å². The smallest absolute Gasteiger partial charge is 0.293 e. The standard InChI is InChI=1S/C13H15N5O3S2/c1-3-14-9-6-5-8(7-10(9)18(20)21)11(19)15-12-16-17-13(23-12)22-4-2/h5-7,14H,3-4H2,1-2H3,(H,15,16,19). The van der Waals surface area contributed by atoms with Gasteiger partial charge in [-0.3, -0.25) is 20.2 Å². The molecule has 0 fully saturated rings. The van der Waals surface area contributed by atoms with E-state index in [-0.39, 0.29) is 11.3 Å². The molecule has 2 rings (SSSR count). The summed E-state index contributed by atoms with van der Waals surface area (Å²) in [6.45, 7) is 4.39. The van der Waals surface area contributed by atoms with E-state index in [0.717, 1.165) is 10.1 Å². The molecule has 0 aliphatic heterocycles. The van der Waals surface area contributed by atoms with Gasteiger partial charge in [-0.25, -0.2) is 0 Å². The van der Waals surface area contributed by atoms with Crippen LogP contribution in [0.15, 0.2) is 22.5 Å². The Morgan fingerprint density at radius 3 is 2.83 bits per heavy atom. The van der Waals surface area contributed by atoms with Crippen molar-refractivity contribution in [2.45, 2.75) is 18.2 Å². The summed E-state index contributed by atoms with van der Waals surface area (Å²) in [4.78, 5) is 22.8. The van der Waals surface area contributed by atoms with Crippen LogP contribution in [0.25, 0.3) is 0 Å². The molecule has 1 aromatic heterocycles. The van der Waals surface area contributed by atoms with Gasteiger partial charge in [-0.2, -0.15) is 0 Å². The van der Waals surface area contributed by atoms with Gasteiger partial charge in [0.1, 0.15) is 5.69 Å². The lowest BCUT2D eigenvalue weighted by molar-refractivity contribution is -0.384. The van der Waals surface area contributed by atoms with Crippen molar-refractivity contribution in [3.8, 4) is 0 Å². The molecule has 2 N–H and O–H groups in total. The molecule has 8 nitrogen and oxygen atoms in total. The van der Waals surface area contributed by atoms with Gasteiger partial charge in [-0.05, 0) is 24.8 Å². The van der Waals surface area contributed by atoms with E-state index in [9.17, 15) is 14.9 Å². The monoisotopic (exact) mass is 353 g/mol. The number of benzene rings is 1. The van der Waals surface area contributed by atoms with Crippen LogP contribution in [-0.2, 0) is 0 Å². The normalized spacial score (nSPS) is 10.3. The number of nitro benzene ring substituents is 1. The van der Waals surface area contributed by atoms with Crippen molar-refractivity contribution in [2.75, 3.05) is 22.9 Å². The second-order valence-electron chi connectivity index (χ2n) is 4.28. The highest BCUT2D eigenvalue weighted by molar-refractivity contribution is 8.01. The lowest BCUT2D eigenvalue weighted by atomic mass is 10.1. The number of carbonyl (C=O) groups excluding carboxylic acids is 1. The number of aromatic nitrogens is 2. The Morgan fingerprint density at radius 2 is 2.17 bits per heavy atom. The molecule has 0 radical (unpaired) electrons. The molecule has 0 aliphatic rings. The zero-order chi connectivity index (χ0) is 16.8. The van der Waals surface area contributed by atoms with Gasteiger partial charge in [-0.1, -0.05) is 30.0 Å². The number of hydrogen-bond acceptors (Lipinski definition) is 8. The first kappa shape index (κ1) is 17.2. The van der Waals surface area contributed by atoms with Crippen LogP contribution in [0.2, 0.25) is 0 Å². The number of nitrogens with one attached hydrogen (secondary N) is 2. The summed E-state index contributed by atoms with van der Waals surface area (Å²) in [6, 6.07) is 4.30. The second kappa shape index (κ2) is 7.88. The third kappa shape index (κ3) is 4.39. The number of hydrogen-bond donors (Lipinski definition) is 2. The third-order valence-corrected chi connectivity index (χ3v) is 4.57. The minimum Gasteiger partial charge on any atom is -0.380 e. The molecule has 122 valence electrons. The largest absolute Gasteiger partial charge is 0.380 e. The average Bonchev–Trinajstić information content (AvgIpc) is 2.95. The molecule has 10 heteroatoms. The van der Waals surface area contributed by atoms with Gasteiger partial charge >= 0.3 is 0 Å². The Kier molecular flexibility index (Phi) is 5.88. The van der Waals surface area contributed by atoms with Gasteiger partial charge in [0.05, 0.1) is 4.92 Å². The summed E-state index contributed by atoms with van der Waals surface area (Å²) in [5.74, 6) is 0.404. The molecule has 0 unspecified atom stereocenters. The number of rotatable bonds is 7. The Morgan fingerprint density at radius 1 is 1.39 bits per heavy atom. The Labute approximate surface area is 140 Å². The van der Waals surface area contributed by atoms with E-state index < -0.39 is 10.8 Å². The van der Waals surface area contributed by atoms with Crippen LogP contribution in [0.3, 0.4) is 0 Å². The van der Waals surface area contributed by atoms with Gasteiger partial charge in [0.25, 0.3) is 11.6 Å². The van der Waals surface area contributed by atoms with E-state index in [1.165, 1.54) is 41.3 Å². The average molecular weight is 353 g/mol. The highest BCUT2D eigenvalue weighted by atomic mass is 32.2. The van der Waals surface area contributed by atoms with E-state index >= 15 is 0 Å². The van der Waals surface area contributed by atoms with Crippen LogP contribution in [-0.4, -0.2) is 33.3 Å². The quantitative estimate of drug-likeness (QED) is 0.340. The zero-order valence-corrected chi connectivity index (χ0v) is 14.2. The molecule has 1 aromatic carbocycles. The molecule has 1 heterocycles. The van der Waals surface area contributed by atoms with Crippen LogP contribution in [0.1, 0.15) is 24.2 Å². The predicted molar refractivity (Wildman–Crippen MR) is 91.5 cm³/mol. The summed E-state index contributed by atoms with van der Waals surface area (Å²) >= 11 is 2.79. The van der Waals surface area contributed by atoms with Gasteiger partial charge in [0.2, 0.25) is 5.13 Å². The maximum Gasteiger partial charge on any atom is 0.293 e. The van der Waals surface area contributed by atoms with Gasteiger partial charge in [0, 0.05) is 18.2 Å². The highest BCUT2D eigenvalue weighted by Gasteiger charge is 2.18. The van der Waals surface area contributed by atoms with E-state index in [0.29, 0.717) is 17.4 Å². The number of nitro groups is 1. The first-order chi connectivity index (χ1) is 11.0. The van der Waals surface area contributed by atoms with Crippen LogP contribution in [0.5, 0.6) is 0 Å². The van der Waals surface area contributed by atoms with Crippen molar-refractivity contribution in [2.24, 2.45) is 0 Å². The third-order valence-electron chi connectivity index (χ3n) is 2.72. The molecule has 0 saturated carbocycles. The first-order valence-electron chi connectivity index (χ1n) is 6.85. The topological polar surface area (TPSA) is 110 Å². The maximum absolute atomic E-state index is 12.2. The van der Waals surface area contributed by atoms with Crippen LogP contribution in [0.4, 0.5) is 16.5 Å². The lowest BCUT2D eigenvalue weighted by Crippen LogP contribution is -2.12. The van der Waals surface area contributed by atoms with Gasteiger partial charge < -0.3 is 5.32 Å². The second-order valence-corrected chi connectivity index (χ2v) is 6.77. The summed E-state index contributed by atoms with van der Waals surface area (Å²) in [6.07, 6.45) is 0. The van der Waals surface area contributed by atoms with Gasteiger partial charge in [0.15, 0.2) is 4.34 Å². The fourth-order valence-electron chi connectivity index (χ4n) is 1.78. The Bertz CT molecular complexity index is 719. The molecule has 0 saturated heterocycles. The number of amides is 1. The van der Waals surface area contributed by atoms with Crippen molar-refractivity contribution in [3.63, 3.8) is 0 Å². The predicted octanol–water partition coefficient (Wildman–Crippen LogP) is 3.24. The van der Waals surface area contributed by atoms with Crippen molar-refractivity contribution in [3.05, 3.63) is 33.9 Å². The summed E-state index contributed by atoms with van der Waals surface area (Å²) in [5.41, 5.74) is 0.434. The van der Waals surface area contributed by atoms with E-state index in [2.05, 4.69) is 20.8 Å². The number of thioether (sulfide) groups is 1. The fourth-order valence-corrected chi connectivity index (χ4v) is 3.42. The fraction of sp³-hybridized carbons (Fsp3) is 0.308. The van der Waals surface area contributed by atoms with Crippen molar-refractivity contribution < 1.29 is 9.72 Å². The van der Waals surface area contributed by atoms with E-state index in [4.69, 9.17) is 0 Å². The molecule has 0 spiro atoms. The van der Waals surface area contributed by atoms with Crippen LogP contribution in [0, 0.1) is 10.1 Å². The summed E-state index contributed by atoms with van der Waals surface area (Å²) in [5, 5.41) is 24.8. The van der Waals surface area contributed by atoms with Crippen molar-refractivity contribution >= 4 is 45.5 Å². The minimum absolute atomic E-state index is 0.140. The minimum atomic E-state index is -0.518. The van der Waals surface area contributed by atoms with E-state index in [1.54, 1.807) is 0 Å². The molecule has 0 atom stereocenters. The maximum atomic E-state index is 12.2. The molecular weight excluding hydrogens is 338 g/mol. The molecule has 1 amide bonds. The Hall–Kier alpha value is -2.20. The van der Waals surface area contributed by atoms with Crippen molar-refractivity contribution in [1.82, 2.24) is 10.2 Å². The van der Waals surface area contributed by atoms with Crippen LogP contribution < -0.4 is 10.6 Å². The molecule has 0 aliphatic carbocycles. The SMILES string of the molecule is CCNc1ccc(C(=O)Nc2nnc(SCC)s2)cc1[N+](=O)[O-]. The van der Waals surface area contributed by atoms with Crippen LogP contribution >= 0.6 is 23.1 Å². The summed E-state index contributed by atoms with van der Waals surface area (Å²) < 4.78 is 0.760. The van der Waals surface area contributed by atoms with Gasteiger partial charge in [-0.15, -0.1) is 10.2 Å². The number of anilines is 2. The molecular formula is C13H15N5O3S2. The summed E-state index contributed by atoms with van der Waals surface area (Å²) in [7, 11) is 0. The molecule has 0 bridgehead atoms. The lowest BCUT2D eigenvalue weighted by Gasteiger charge is -2.06. The molecule has 23 heavy (non-hydrogen) atoms. The number of nitrogens with zero attached hydrogens (tertiary/aromatic N) is 3.